The van der Waals surface area contributed by atoms with Crippen LogP contribution < -0.4 is 10.6 Å². The molecule has 0 aromatic rings. The summed E-state index contributed by atoms with van der Waals surface area (Å²) in [5.74, 6) is 0.597. The molecule has 1 amide bonds. The van der Waals surface area contributed by atoms with Gasteiger partial charge in [0.2, 0.25) is 5.91 Å². The van der Waals surface area contributed by atoms with Crippen molar-refractivity contribution >= 4 is 5.91 Å². The SMILES string of the molecule is CCOCC(=O)NCC1CCNC1. The number of carbonyl (C=O) groups is 1. The molecule has 0 spiro atoms. The summed E-state index contributed by atoms with van der Waals surface area (Å²) in [5, 5.41) is 6.11. The molecule has 1 atom stereocenters. The van der Waals surface area contributed by atoms with Gasteiger partial charge in [0.25, 0.3) is 0 Å². The molecule has 0 aromatic carbocycles. The van der Waals surface area contributed by atoms with Crippen LogP contribution >= 0.6 is 0 Å². The number of rotatable bonds is 5. The molecule has 2 N–H and O–H groups in total. The first-order valence-corrected chi connectivity index (χ1v) is 4.88. The van der Waals surface area contributed by atoms with Crippen molar-refractivity contribution in [2.45, 2.75) is 13.3 Å². The van der Waals surface area contributed by atoms with Gasteiger partial charge in [0.1, 0.15) is 6.61 Å². The molecule has 4 heteroatoms. The smallest absolute Gasteiger partial charge is 0.246 e. The lowest BCUT2D eigenvalue weighted by molar-refractivity contribution is -0.125. The Labute approximate surface area is 79.0 Å². The summed E-state index contributed by atoms with van der Waals surface area (Å²) in [6.45, 7) is 5.54. The van der Waals surface area contributed by atoms with Crippen LogP contribution in [0.3, 0.4) is 0 Å². The Balaban J connectivity index is 2.00. The minimum atomic E-state index is -0.00579. The lowest BCUT2D eigenvalue weighted by atomic mass is 10.1. The maximum atomic E-state index is 11.1. The van der Waals surface area contributed by atoms with E-state index < -0.39 is 0 Å². The zero-order valence-electron chi connectivity index (χ0n) is 8.14. The Morgan fingerprint density at radius 2 is 2.54 bits per heavy atom. The molecule has 13 heavy (non-hydrogen) atoms. The van der Waals surface area contributed by atoms with E-state index in [0.717, 1.165) is 26.1 Å². The molecule has 0 aliphatic carbocycles. The molecule has 1 fully saturated rings. The van der Waals surface area contributed by atoms with Crippen LogP contribution in [-0.2, 0) is 9.53 Å². The molecular formula is C9H18N2O2. The van der Waals surface area contributed by atoms with E-state index in [1.807, 2.05) is 6.92 Å². The van der Waals surface area contributed by atoms with Crippen molar-refractivity contribution in [3.05, 3.63) is 0 Å². The summed E-state index contributed by atoms with van der Waals surface area (Å²) in [7, 11) is 0. The zero-order valence-corrected chi connectivity index (χ0v) is 8.14. The van der Waals surface area contributed by atoms with E-state index in [1.165, 1.54) is 0 Å². The second-order valence-corrected chi connectivity index (χ2v) is 3.30. The van der Waals surface area contributed by atoms with Crippen LogP contribution in [0.4, 0.5) is 0 Å². The number of hydrogen-bond acceptors (Lipinski definition) is 3. The van der Waals surface area contributed by atoms with Crippen LogP contribution in [0.15, 0.2) is 0 Å². The number of nitrogens with one attached hydrogen (secondary N) is 2. The average Bonchev–Trinajstić information content (AvgIpc) is 2.64. The van der Waals surface area contributed by atoms with Crippen LogP contribution in [0, 0.1) is 5.92 Å². The molecule has 4 nitrogen and oxygen atoms in total. The molecule has 0 saturated carbocycles. The fourth-order valence-electron chi connectivity index (χ4n) is 1.39. The van der Waals surface area contributed by atoms with Gasteiger partial charge in [-0.05, 0) is 32.4 Å². The Morgan fingerprint density at radius 3 is 3.15 bits per heavy atom. The van der Waals surface area contributed by atoms with Crippen molar-refractivity contribution in [1.29, 1.82) is 0 Å². The van der Waals surface area contributed by atoms with Gasteiger partial charge < -0.3 is 15.4 Å². The first-order valence-electron chi connectivity index (χ1n) is 4.88. The fraction of sp³-hybridized carbons (Fsp3) is 0.889. The normalized spacial score (nSPS) is 21.8. The summed E-state index contributed by atoms with van der Waals surface area (Å²) in [6, 6.07) is 0. The predicted molar refractivity (Wildman–Crippen MR) is 50.5 cm³/mol. The van der Waals surface area contributed by atoms with Crippen molar-refractivity contribution in [3.8, 4) is 0 Å². The van der Waals surface area contributed by atoms with E-state index in [0.29, 0.717) is 12.5 Å². The summed E-state index contributed by atoms with van der Waals surface area (Å²) in [4.78, 5) is 11.1. The predicted octanol–water partition coefficient (Wildman–Crippen LogP) is -0.251. The maximum Gasteiger partial charge on any atom is 0.246 e. The van der Waals surface area contributed by atoms with Crippen LogP contribution in [0.5, 0.6) is 0 Å². The van der Waals surface area contributed by atoms with E-state index in [9.17, 15) is 4.79 Å². The minimum Gasteiger partial charge on any atom is -0.372 e. The summed E-state index contributed by atoms with van der Waals surface area (Å²) in [5.41, 5.74) is 0. The molecule has 1 aliphatic rings. The number of amides is 1. The van der Waals surface area contributed by atoms with E-state index in [-0.39, 0.29) is 12.5 Å². The van der Waals surface area contributed by atoms with Gasteiger partial charge >= 0.3 is 0 Å². The van der Waals surface area contributed by atoms with Crippen molar-refractivity contribution in [2.24, 2.45) is 5.92 Å². The van der Waals surface area contributed by atoms with Crippen molar-refractivity contribution in [3.63, 3.8) is 0 Å². The van der Waals surface area contributed by atoms with Crippen LogP contribution in [0.2, 0.25) is 0 Å². The second kappa shape index (κ2) is 5.94. The van der Waals surface area contributed by atoms with Gasteiger partial charge in [-0.2, -0.15) is 0 Å². The highest BCUT2D eigenvalue weighted by molar-refractivity contribution is 5.77. The van der Waals surface area contributed by atoms with Crippen molar-refractivity contribution in [2.75, 3.05) is 32.8 Å². The van der Waals surface area contributed by atoms with Crippen LogP contribution in [0.25, 0.3) is 0 Å². The maximum absolute atomic E-state index is 11.1. The second-order valence-electron chi connectivity index (χ2n) is 3.30. The van der Waals surface area contributed by atoms with Crippen molar-refractivity contribution in [1.82, 2.24) is 10.6 Å². The molecular weight excluding hydrogens is 168 g/mol. The largest absolute Gasteiger partial charge is 0.372 e. The Hall–Kier alpha value is -0.610. The highest BCUT2D eigenvalue weighted by Gasteiger charge is 2.14. The number of ether oxygens (including phenoxy) is 1. The highest BCUT2D eigenvalue weighted by Crippen LogP contribution is 2.04. The number of carbonyl (C=O) groups excluding carboxylic acids is 1. The first-order chi connectivity index (χ1) is 6.33. The topological polar surface area (TPSA) is 50.4 Å². The summed E-state index contributed by atoms with van der Waals surface area (Å²) in [6.07, 6.45) is 1.16. The van der Waals surface area contributed by atoms with Crippen LogP contribution in [-0.4, -0.2) is 38.8 Å². The lowest BCUT2D eigenvalue weighted by Crippen LogP contribution is -2.32. The molecule has 0 aromatic heterocycles. The zero-order chi connectivity index (χ0) is 9.52. The third-order valence-electron chi connectivity index (χ3n) is 2.19. The molecule has 1 aliphatic heterocycles. The number of hydrogen-bond donors (Lipinski definition) is 2. The molecule has 1 heterocycles. The third-order valence-corrected chi connectivity index (χ3v) is 2.19. The molecule has 1 unspecified atom stereocenters. The first kappa shape index (κ1) is 10.5. The Kier molecular flexibility index (Phi) is 4.78. The Morgan fingerprint density at radius 1 is 1.69 bits per heavy atom. The molecule has 0 bridgehead atoms. The molecule has 1 saturated heterocycles. The van der Waals surface area contributed by atoms with Gasteiger partial charge in [-0.15, -0.1) is 0 Å². The highest BCUT2D eigenvalue weighted by atomic mass is 16.5. The lowest BCUT2D eigenvalue weighted by Gasteiger charge is -2.09. The summed E-state index contributed by atoms with van der Waals surface area (Å²) >= 11 is 0. The molecule has 0 radical (unpaired) electrons. The van der Waals surface area contributed by atoms with Gasteiger partial charge in [-0.25, -0.2) is 0 Å². The van der Waals surface area contributed by atoms with Gasteiger partial charge in [0.15, 0.2) is 0 Å². The van der Waals surface area contributed by atoms with E-state index in [4.69, 9.17) is 4.74 Å². The van der Waals surface area contributed by atoms with Gasteiger partial charge in [0, 0.05) is 13.2 Å². The fourth-order valence-corrected chi connectivity index (χ4v) is 1.39. The minimum absolute atomic E-state index is 0.00579. The van der Waals surface area contributed by atoms with Crippen LogP contribution in [0.1, 0.15) is 13.3 Å². The quantitative estimate of drug-likeness (QED) is 0.622. The third kappa shape index (κ3) is 4.24. The van der Waals surface area contributed by atoms with Gasteiger partial charge in [-0.1, -0.05) is 0 Å². The Bertz CT molecular complexity index is 156. The monoisotopic (exact) mass is 186 g/mol. The van der Waals surface area contributed by atoms with Gasteiger partial charge in [-0.3, -0.25) is 4.79 Å². The van der Waals surface area contributed by atoms with E-state index in [2.05, 4.69) is 10.6 Å². The van der Waals surface area contributed by atoms with E-state index in [1.54, 1.807) is 0 Å². The van der Waals surface area contributed by atoms with Gasteiger partial charge in [0.05, 0.1) is 0 Å². The molecule has 76 valence electrons. The van der Waals surface area contributed by atoms with Crippen molar-refractivity contribution < 1.29 is 9.53 Å². The average molecular weight is 186 g/mol. The van der Waals surface area contributed by atoms with E-state index >= 15 is 0 Å². The standard InChI is InChI=1S/C9H18N2O2/c1-2-13-7-9(12)11-6-8-3-4-10-5-8/h8,10H,2-7H2,1H3,(H,11,12). The molecule has 1 rings (SSSR count). The summed E-state index contributed by atoms with van der Waals surface area (Å²) < 4.78 is 4.98.